The molecule has 0 bridgehead atoms. The summed E-state index contributed by atoms with van der Waals surface area (Å²) in [7, 11) is 0. The summed E-state index contributed by atoms with van der Waals surface area (Å²) in [5, 5.41) is 0. The van der Waals surface area contributed by atoms with Crippen molar-refractivity contribution < 1.29 is 9.47 Å². The first-order chi connectivity index (χ1) is 12.9. The van der Waals surface area contributed by atoms with E-state index in [-0.39, 0.29) is 11.7 Å². The lowest BCUT2D eigenvalue weighted by molar-refractivity contribution is -0.162. The number of ether oxygens (including phenoxy) is 2. The van der Waals surface area contributed by atoms with Gasteiger partial charge >= 0.3 is 0 Å². The maximum absolute atomic E-state index is 6.42. The van der Waals surface area contributed by atoms with Crippen molar-refractivity contribution in [3.05, 3.63) is 29.8 Å². The van der Waals surface area contributed by atoms with E-state index in [2.05, 4.69) is 52.0 Å². The fourth-order valence-corrected chi connectivity index (χ4v) is 4.88. The van der Waals surface area contributed by atoms with Gasteiger partial charge in [0.05, 0.1) is 0 Å². The number of hydrogen-bond acceptors (Lipinski definition) is 2. The van der Waals surface area contributed by atoms with Crippen LogP contribution in [0.4, 0.5) is 0 Å². The Labute approximate surface area is 168 Å². The molecule has 154 valence electrons. The van der Waals surface area contributed by atoms with Crippen LogP contribution < -0.4 is 4.74 Å². The molecule has 2 saturated carbocycles. The van der Waals surface area contributed by atoms with Crippen LogP contribution in [0.25, 0.3) is 0 Å². The summed E-state index contributed by atoms with van der Waals surface area (Å²) in [6, 6.07) is 8.73. The molecule has 0 aromatic heterocycles. The molecule has 0 saturated heterocycles. The molecule has 2 aliphatic carbocycles. The standard InChI is InChI=1S/C23H36O2.C2H6/c1-5-24-21(23-15-6-8-19(23)9-7-16-23)25-20-12-10-18(11-13-20)14-17-22(2,3)4;1-2/h10-13,19,21H,5-9,14-17H2,1-4H3;1-2H3. The van der Waals surface area contributed by atoms with Gasteiger partial charge in [0.25, 0.3) is 0 Å². The molecule has 27 heavy (non-hydrogen) atoms. The number of fused-ring (bicyclic) bond motifs is 1. The Hall–Kier alpha value is -1.02. The highest BCUT2D eigenvalue weighted by Gasteiger charge is 2.53. The van der Waals surface area contributed by atoms with E-state index in [4.69, 9.17) is 9.47 Å². The monoisotopic (exact) mass is 374 g/mol. The molecule has 0 amide bonds. The Balaban J connectivity index is 0.00000126. The van der Waals surface area contributed by atoms with Crippen molar-refractivity contribution in [3.63, 3.8) is 0 Å². The van der Waals surface area contributed by atoms with Gasteiger partial charge in [-0.15, -0.1) is 0 Å². The van der Waals surface area contributed by atoms with Gasteiger partial charge in [-0.25, -0.2) is 0 Å². The summed E-state index contributed by atoms with van der Waals surface area (Å²) in [6.07, 6.45) is 10.2. The second kappa shape index (κ2) is 9.96. The zero-order valence-corrected chi connectivity index (χ0v) is 18.6. The van der Waals surface area contributed by atoms with Crippen LogP contribution in [0.15, 0.2) is 24.3 Å². The van der Waals surface area contributed by atoms with Gasteiger partial charge in [0.1, 0.15) is 5.75 Å². The fourth-order valence-electron chi connectivity index (χ4n) is 4.88. The van der Waals surface area contributed by atoms with Crippen molar-refractivity contribution in [2.24, 2.45) is 16.7 Å². The molecule has 2 nitrogen and oxygen atoms in total. The van der Waals surface area contributed by atoms with Crippen molar-refractivity contribution in [2.75, 3.05) is 6.61 Å². The topological polar surface area (TPSA) is 18.5 Å². The van der Waals surface area contributed by atoms with E-state index in [1.54, 1.807) is 0 Å². The van der Waals surface area contributed by atoms with Crippen LogP contribution in [0.2, 0.25) is 0 Å². The normalized spacial score (nSPS) is 25.5. The van der Waals surface area contributed by atoms with Gasteiger partial charge in [-0.3, -0.25) is 0 Å². The molecule has 0 aliphatic heterocycles. The molecule has 1 unspecified atom stereocenters. The Morgan fingerprint density at radius 2 is 1.63 bits per heavy atom. The highest BCUT2D eigenvalue weighted by atomic mass is 16.7. The quantitative estimate of drug-likeness (QED) is 0.463. The lowest BCUT2D eigenvalue weighted by Gasteiger charge is -2.37. The zero-order valence-electron chi connectivity index (χ0n) is 18.6. The Bertz CT molecular complexity index is 530. The Morgan fingerprint density at radius 1 is 1.04 bits per heavy atom. The largest absolute Gasteiger partial charge is 0.464 e. The van der Waals surface area contributed by atoms with E-state index in [0.29, 0.717) is 5.41 Å². The van der Waals surface area contributed by atoms with Crippen molar-refractivity contribution in [3.8, 4) is 5.75 Å². The molecule has 2 aliphatic rings. The second-order valence-electron chi connectivity index (χ2n) is 9.32. The summed E-state index contributed by atoms with van der Waals surface area (Å²) in [5.41, 5.74) is 2.04. The van der Waals surface area contributed by atoms with Crippen molar-refractivity contribution in [1.82, 2.24) is 0 Å². The Morgan fingerprint density at radius 3 is 2.15 bits per heavy atom. The second-order valence-corrected chi connectivity index (χ2v) is 9.32. The van der Waals surface area contributed by atoms with E-state index in [0.717, 1.165) is 24.7 Å². The smallest absolute Gasteiger partial charge is 0.205 e. The molecule has 1 aromatic rings. The summed E-state index contributed by atoms with van der Waals surface area (Å²) < 4.78 is 12.6. The lowest BCUT2D eigenvalue weighted by atomic mass is 9.79. The first-order valence-electron chi connectivity index (χ1n) is 11.3. The van der Waals surface area contributed by atoms with Gasteiger partial charge in [0.15, 0.2) is 0 Å². The highest BCUT2D eigenvalue weighted by molar-refractivity contribution is 5.27. The van der Waals surface area contributed by atoms with E-state index >= 15 is 0 Å². The van der Waals surface area contributed by atoms with Crippen molar-refractivity contribution in [2.45, 2.75) is 99.2 Å². The van der Waals surface area contributed by atoms with Crippen molar-refractivity contribution in [1.29, 1.82) is 0 Å². The third kappa shape index (κ3) is 5.73. The average Bonchev–Trinajstić information content (AvgIpc) is 3.23. The van der Waals surface area contributed by atoms with Crippen LogP contribution >= 0.6 is 0 Å². The number of rotatable bonds is 7. The minimum Gasteiger partial charge on any atom is -0.464 e. The average molecular weight is 375 g/mol. The van der Waals surface area contributed by atoms with E-state index in [9.17, 15) is 0 Å². The summed E-state index contributed by atoms with van der Waals surface area (Å²) in [6.45, 7) is 13.7. The first kappa shape index (κ1) is 22.3. The molecule has 0 heterocycles. The van der Waals surface area contributed by atoms with Gasteiger partial charge in [-0.2, -0.15) is 0 Å². The van der Waals surface area contributed by atoms with Gasteiger partial charge < -0.3 is 9.47 Å². The number of hydrogen-bond donors (Lipinski definition) is 0. The van der Waals surface area contributed by atoms with E-state index in [1.165, 1.54) is 50.5 Å². The van der Waals surface area contributed by atoms with Crippen LogP contribution in [0.5, 0.6) is 5.75 Å². The maximum atomic E-state index is 6.42. The van der Waals surface area contributed by atoms with Crippen LogP contribution in [0.3, 0.4) is 0 Å². The number of benzene rings is 1. The van der Waals surface area contributed by atoms with Crippen LogP contribution in [-0.2, 0) is 11.2 Å². The van der Waals surface area contributed by atoms with E-state index in [1.807, 2.05) is 13.8 Å². The molecular weight excluding hydrogens is 332 g/mol. The molecule has 2 fully saturated rings. The molecule has 0 N–H and O–H groups in total. The molecular formula is C25H42O2. The predicted octanol–water partition coefficient (Wildman–Crippen LogP) is 7.40. The minimum atomic E-state index is -0.0760. The molecule has 2 heteroatoms. The maximum Gasteiger partial charge on any atom is 0.205 e. The Kier molecular flexibility index (Phi) is 8.21. The van der Waals surface area contributed by atoms with Gasteiger partial charge in [0.2, 0.25) is 6.29 Å². The lowest BCUT2D eigenvalue weighted by Crippen LogP contribution is -2.41. The molecule has 1 atom stereocenters. The molecule has 0 spiro atoms. The minimum absolute atomic E-state index is 0.0760. The van der Waals surface area contributed by atoms with Crippen LogP contribution in [-0.4, -0.2) is 12.9 Å². The molecule has 0 radical (unpaired) electrons. The third-order valence-electron chi connectivity index (χ3n) is 6.32. The molecule has 3 rings (SSSR count). The van der Waals surface area contributed by atoms with Crippen LogP contribution in [0, 0.1) is 16.7 Å². The summed E-state index contributed by atoms with van der Waals surface area (Å²) in [5.74, 6) is 1.76. The third-order valence-corrected chi connectivity index (χ3v) is 6.32. The predicted molar refractivity (Wildman–Crippen MR) is 115 cm³/mol. The highest BCUT2D eigenvalue weighted by Crippen LogP contribution is 2.57. The van der Waals surface area contributed by atoms with Crippen molar-refractivity contribution >= 4 is 0 Å². The van der Waals surface area contributed by atoms with Gasteiger partial charge in [-0.1, -0.05) is 59.6 Å². The van der Waals surface area contributed by atoms with Gasteiger partial charge in [-0.05, 0) is 74.5 Å². The van der Waals surface area contributed by atoms with E-state index < -0.39 is 0 Å². The van der Waals surface area contributed by atoms with Gasteiger partial charge in [0, 0.05) is 12.0 Å². The number of aryl methyl sites for hydroxylation is 1. The SMILES string of the molecule is CC.CCOC(Oc1ccc(CCC(C)(C)C)cc1)C12CCCC1CCC2. The fraction of sp³-hybridized carbons (Fsp3) is 0.760. The summed E-state index contributed by atoms with van der Waals surface area (Å²) >= 11 is 0. The summed E-state index contributed by atoms with van der Waals surface area (Å²) in [4.78, 5) is 0. The zero-order chi connectivity index (χ0) is 19.9. The van der Waals surface area contributed by atoms with Crippen LogP contribution in [0.1, 0.15) is 92.1 Å². The first-order valence-corrected chi connectivity index (χ1v) is 11.3. The molecule has 1 aromatic carbocycles.